The number of rotatable bonds is 4. The van der Waals surface area contributed by atoms with Crippen LogP contribution in [0, 0.1) is 11.2 Å². The first-order valence-electron chi connectivity index (χ1n) is 7.06. The largest absolute Gasteiger partial charge is 0.325 e. The second kappa shape index (κ2) is 6.22. The van der Waals surface area contributed by atoms with Gasteiger partial charge in [-0.05, 0) is 37.6 Å². The molecule has 2 rings (SSSR count). The van der Waals surface area contributed by atoms with E-state index in [-0.39, 0.29) is 17.5 Å². The molecule has 0 saturated carbocycles. The number of carbonyl (C=O) groups is 2. The summed E-state index contributed by atoms with van der Waals surface area (Å²) >= 11 is 0. The van der Waals surface area contributed by atoms with E-state index in [1.54, 1.807) is 0 Å². The van der Waals surface area contributed by atoms with Gasteiger partial charge >= 0.3 is 0 Å². The summed E-state index contributed by atoms with van der Waals surface area (Å²) in [7, 11) is 0. The van der Waals surface area contributed by atoms with E-state index in [4.69, 9.17) is 0 Å². The molecule has 1 aromatic rings. The van der Waals surface area contributed by atoms with Crippen LogP contribution in [-0.4, -0.2) is 24.9 Å². The summed E-state index contributed by atoms with van der Waals surface area (Å²) < 4.78 is 13.6. The molecule has 0 radical (unpaired) electrons. The first-order chi connectivity index (χ1) is 9.97. The van der Waals surface area contributed by atoms with Gasteiger partial charge in [-0.1, -0.05) is 6.92 Å². The summed E-state index contributed by atoms with van der Waals surface area (Å²) in [5.74, 6) is -0.964. The smallest absolute Gasteiger partial charge is 0.231 e. The van der Waals surface area contributed by atoms with Crippen LogP contribution in [0.2, 0.25) is 0 Å². The number of nitrogens with one attached hydrogen (secondary N) is 3. The molecule has 6 heteroatoms. The molecule has 0 bridgehead atoms. The molecule has 0 aromatic heterocycles. The Balaban J connectivity index is 2.15. The van der Waals surface area contributed by atoms with Gasteiger partial charge in [-0.25, -0.2) is 4.39 Å². The second-order valence-corrected chi connectivity index (χ2v) is 5.39. The van der Waals surface area contributed by atoms with E-state index in [1.165, 1.54) is 25.1 Å². The fraction of sp³-hybridized carbons (Fsp3) is 0.467. The Hall–Kier alpha value is -1.95. The highest BCUT2D eigenvalue weighted by molar-refractivity contribution is 5.97. The lowest BCUT2D eigenvalue weighted by molar-refractivity contribution is -0.124. The molecule has 1 aliphatic heterocycles. The van der Waals surface area contributed by atoms with Crippen LogP contribution in [0.15, 0.2) is 18.2 Å². The predicted molar refractivity (Wildman–Crippen MR) is 79.5 cm³/mol. The quantitative estimate of drug-likeness (QED) is 0.796. The summed E-state index contributed by atoms with van der Waals surface area (Å²) in [6.07, 6.45) is 1.53. The van der Waals surface area contributed by atoms with Crippen molar-refractivity contribution in [2.45, 2.75) is 26.7 Å². The highest BCUT2D eigenvalue weighted by Gasteiger charge is 2.39. The van der Waals surface area contributed by atoms with Crippen molar-refractivity contribution in [3.63, 3.8) is 0 Å². The van der Waals surface area contributed by atoms with Crippen LogP contribution in [0.3, 0.4) is 0 Å². The van der Waals surface area contributed by atoms with Crippen molar-refractivity contribution in [3.05, 3.63) is 24.0 Å². The first kappa shape index (κ1) is 15.4. The standard InChI is InChI=1S/C15H20FN3O2/c1-3-15(6-7-17-9-15)14(21)19-11-4-5-12(16)13(8-11)18-10(2)20/h4-5,8,17H,3,6-7,9H2,1-2H3,(H,18,20)(H,19,21). The zero-order chi connectivity index (χ0) is 15.5. The molecule has 1 saturated heterocycles. The van der Waals surface area contributed by atoms with Crippen molar-refractivity contribution in [1.82, 2.24) is 5.32 Å². The summed E-state index contributed by atoms with van der Waals surface area (Å²) in [5, 5.41) is 8.42. The van der Waals surface area contributed by atoms with E-state index in [1.807, 2.05) is 6.92 Å². The Morgan fingerprint density at radius 3 is 2.71 bits per heavy atom. The Labute approximate surface area is 123 Å². The maximum absolute atomic E-state index is 13.6. The normalized spacial score (nSPS) is 21.1. The van der Waals surface area contributed by atoms with E-state index in [0.717, 1.165) is 19.4 Å². The summed E-state index contributed by atoms with van der Waals surface area (Å²) in [5.41, 5.74) is 0.128. The average Bonchev–Trinajstić information content (AvgIpc) is 2.92. The van der Waals surface area contributed by atoms with E-state index >= 15 is 0 Å². The van der Waals surface area contributed by atoms with Crippen LogP contribution in [0.5, 0.6) is 0 Å². The monoisotopic (exact) mass is 293 g/mol. The summed E-state index contributed by atoms with van der Waals surface area (Å²) in [6, 6.07) is 4.15. The third-order valence-electron chi connectivity index (χ3n) is 3.94. The van der Waals surface area contributed by atoms with Crippen LogP contribution in [-0.2, 0) is 9.59 Å². The second-order valence-electron chi connectivity index (χ2n) is 5.39. The Morgan fingerprint density at radius 1 is 1.38 bits per heavy atom. The van der Waals surface area contributed by atoms with Crippen molar-refractivity contribution in [2.75, 3.05) is 23.7 Å². The van der Waals surface area contributed by atoms with Crippen LogP contribution >= 0.6 is 0 Å². The Morgan fingerprint density at radius 2 is 2.14 bits per heavy atom. The van der Waals surface area contributed by atoms with Crippen molar-refractivity contribution < 1.29 is 14.0 Å². The lowest BCUT2D eigenvalue weighted by atomic mass is 9.83. The predicted octanol–water partition coefficient (Wildman–Crippen LogP) is 2.11. The van der Waals surface area contributed by atoms with Gasteiger partial charge in [0.05, 0.1) is 11.1 Å². The number of halogens is 1. The highest BCUT2D eigenvalue weighted by atomic mass is 19.1. The fourth-order valence-electron chi connectivity index (χ4n) is 2.55. The number of hydrogen-bond donors (Lipinski definition) is 3. The number of amides is 2. The van der Waals surface area contributed by atoms with E-state index in [9.17, 15) is 14.0 Å². The molecule has 2 amide bonds. The molecule has 1 heterocycles. The third kappa shape index (κ3) is 3.39. The molecule has 1 aromatic carbocycles. The van der Waals surface area contributed by atoms with Gasteiger partial charge in [-0.2, -0.15) is 0 Å². The Bertz CT molecular complexity index is 554. The SMILES string of the molecule is CCC1(C(=O)Nc2ccc(F)c(NC(C)=O)c2)CCNC1. The molecule has 0 aliphatic carbocycles. The van der Waals surface area contributed by atoms with E-state index in [0.29, 0.717) is 12.2 Å². The van der Waals surface area contributed by atoms with Gasteiger partial charge in [-0.3, -0.25) is 9.59 Å². The number of hydrogen-bond acceptors (Lipinski definition) is 3. The van der Waals surface area contributed by atoms with Crippen molar-refractivity contribution in [1.29, 1.82) is 0 Å². The van der Waals surface area contributed by atoms with E-state index in [2.05, 4.69) is 16.0 Å². The maximum Gasteiger partial charge on any atom is 0.231 e. The minimum Gasteiger partial charge on any atom is -0.325 e. The molecule has 114 valence electrons. The average molecular weight is 293 g/mol. The van der Waals surface area contributed by atoms with Gasteiger partial charge in [0.15, 0.2) is 0 Å². The summed E-state index contributed by atoms with van der Waals surface area (Å²) in [6.45, 7) is 4.76. The fourth-order valence-corrected chi connectivity index (χ4v) is 2.55. The van der Waals surface area contributed by atoms with E-state index < -0.39 is 11.2 Å². The molecule has 1 aliphatic rings. The van der Waals surface area contributed by atoms with Gasteiger partial charge in [0.2, 0.25) is 11.8 Å². The molecule has 0 spiro atoms. The molecule has 21 heavy (non-hydrogen) atoms. The number of carbonyl (C=O) groups excluding carboxylic acids is 2. The minimum absolute atomic E-state index is 0.0652. The van der Waals surface area contributed by atoms with Gasteiger partial charge in [0.1, 0.15) is 5.82 Å². The van der Waals surface area contributed by atoms with Crippen LogP contribution in [0.25, 0.3) is 0 Å². The minimum atomic E-state index is -0.532. The first-order valence-corrected chi connectivity index (χ1v) is 7.06. The molecule has 5 nitrogen and oxygen atoms in total. The lowest BCUT2D eigenvalue weighted by Gasteiger charge is -2.25. The molecule has 1 fully saturated rings. The van der Waals surface area contributed by atoms with Crippen molar-refractivity contribution in [3.8, 4) is 0 Å². The zero-order valence-corrected chi connectivity index (χ0v) is 12.3. The topological polar surface area (TPSA) is 70.2 Å². The van der Waals surface area contributed by atoms with Gasteiger partial charge in [-0.15, -0.1) is 0 Å². The lowest BCUT2D eigenvalue weighted by Crippen LogP contribution is -2.37. The van der Waals surface area contributed by atoms with Crippen molar-refractivity contribution in [2.24, 2.45) is 5.41 Å². The van der Waals surface area contributed by atoms with Gasteiger partial charge < -0.3 is 16.0 Å². The number of benzene rings is 1. The van der Waals surface area contributed by atoms with Gasteiger partial charge in [0, 0.05) is 19.2 Å². The maximum atomic E-state index is 13.6. The van der Waals surface area contributed by atoms with Crippen molar-refractivity contribution >= 4 is 23.2 Å². The van der Waals surface area contributed by atoms with Crippen LogP contribution < -0.4 is 16.0 Å². The molecular formula is C15H20FN3O2. The molecule has 3 N–H and O–H groups in total. The zero-order valence-electron chi connectivity index (χ0n) is 12.3. The summed E-state index contributed by atoms with van der Waals surface area (Å²) in [4.78, 5) is 23.5. The van der Waals surface area contributed by atoms with Crippen LogP contribution in [0.1, 0.15) is 26.7 Å². The molecular weight excluding hydrogens is 273 g/mol. The third-order valence-corrected chi connectivity index (χ3v) is 3.94. The molecule has 1 atom stereocenters. The van der Waals surface area contributed by atoms with Gasteiger partial charge in [0.25, 0.3) is 0 Å². The number of anilines is 2. The highest BCUT2D eigenvalue weighted by Crippen LogP contribution is 2.31. The Kier molecular flexibility index (Phi) is 4.57. The van der Waals surface area contributed by atoms with Crippen LogP contribution in [0.4, 0.5) is 15.8 Å². The molecule has 1 unspecified atom stereocenters.